The van der Waals surface area contributed by atoms with E-state index in [1.807, 2.05) is 12.3 Å². The van der Waals surface area contributed by atoms with Crippen LogP contribution < -0.4 is 5.32 Å². The van der Waals surface area contributed by atoms with Crippen molar-refractivity contribution in [3.8, 4) is 0 Å². The van der Waals surface area contributed by atoms with Crippen molar-refractivity contribution in [2.45, 2.75) is 30.8 Å². The first-order valence-corrected chi connectivity index (χ1v) is 6.59. The standard InChI is InChI=1S/C10H16ClN3S/c1-4-10(2,6-11)14-8-5-9(15-3)13-7-12-8/h5,7H,4,6H2,1-3H3,(H,12,13,14). The Labute approximate surface area is 100 Å². The molecule has 5 heteroatoms. The van der Waals surface area contributed by atoms with Gasteiger partial charge in [-0.2, -0.15) is 0 Å². The fourth-order valence-electron chi connectivity index (χ4n) is 1.04. The summed E-state index contributed by atoms with van der Waals surface area (Å²) < 4.78 is 0. The van der Waals surface area contributed by atoms with Gasteiger partial charge in [0.1, 0.15) is 17.2 Å². The van der Waals surface area contributed by atoms with E-state index in [-0.39, 0.29) is 5.54 Å². The molecule has 1 unspecified atom stereocenters. The van der Waals surface area contributed by atoms with E-state index in [9.17, 15) is 0 Å². The lowest BCUT2D eigenvalue weighted by atomic mass is 10.0. The van der Waals surface area contributed by atoms with Crippen molar-refractivity contribution in [3.05, 3.63) is 12.4 Å². The van der Waals surface area contributed by atoms with Crippen LogP contribution in [0, 0.1) is 0 Å². The lowest BCUT2D eigenvalue weighted by Crippen LogP contribution is -2.36. The number of hydrogen-bond donors (Lipinski definition) is 1. The van der Waals surface area contributed by atoms with Gasteiger partial charge < -0.3 is 5.32 Å². The zero-order valence-electron chi connectivity index (χ0n) is 9.25. The number of hydrogen-bond acceptors (Lipinski definition) is 4. The summed E-state index contributed by atoms with van der Waals surface area (Å²) in [6.45, 7) is 4.19. The molecule has 0 radical (unpaired) electrons. The average molecular weight is 246 g/mol. The Morgan fingerprint density at radius 1 is 1.53 bits per heavy atom. The second kappa shape index (κ2) is 5.56. The number of thioether (sulfide) groups is 1. The molecule has 1 atom stereocenters. The Kier molecular flexibility index (Phi) is 4.67. The van der Waals surface area contributed by atoms with Gasteiger partial charge in [0, 0.05) is 17.5 Å². The molecule has 0 saturated heterocycles. The average Bonchev–Trinajstić information content (AvgIpc) is 2.29. The van der Waals surface area contributed by atoms with Crippen molar-refractivity contribution in [3.63, 3.8) is 0 Å². The van der Waals surface area contributed by atoms with E-state index in [1.54, 1.807) is 18.1 Å². The van der Waals surface area contributed by atoms with Crippen molar-refractivity contribution in [2.75, 3.05) is 17.5 Å². The summed E-state index contributed by atoms with van der Waals surface area (Å²) in [5, 5.41) is 4.29. The van der Waals surface area contributed by atoms with Gasteiger partial charge in [-0.05, 0) is 19.6 Å². The maximum atomic E-state index is 5.92. The van der Waals surface area contributed by atoms with Gasteiger partial charge >= 0.3 is 0 Å². The van der Waals surface area contributed by atoms with Crippen LogP contribution in [-0.4, -0.2) is 27.6 Å². The Morgan fingerprint density at radius 3 is 2.80 bits per heavy atom. The molecule has 3 nitrogen and oxygen atoms in total. The Morgan fingerprint density at radius 2 is 2.27 bits per heavy atom. The number of aromatic nitrogens is 2. The lowest BCUT2D eigenvalue weighted by Gasteiger charge is -2.27. The minimum atomic E-state index is -0.106. The number of rotatable bonds is 5. The molecule has 1 aromatic rings. The molecular weight excluding hydrogens is 230 g/mol. The van der Waals surface area contributed by atoms with Crippen LogP contribution in [0.2, 0.25) is 0 Å². The molecular formula is C10H16ClN3S. The molecule has 1 aromatic heterocycles. The molecule has 0 bridgehead atoms. The highest BCUT2D eigenvalue weighted by Crippen LogP contribution is 2.20. The number of halogens is 1. The van der Waals surface area contributed by atoms with Gasteiger partial charge in [-0.15, -0.1) is 23.4 Å². The second-order valence-corrected chi connectivity index (χ2v) is 4.71. The van der Waals surface area contributed by atoms with Crippen molar-refractivity contribution >= 4 is 29.2 Å². The van der Waals surface area contributed by atoms with Gasteiger partial charge in [-0.3, -0.25) is 0 Å². The fourth-order valence-corrected chi connectivity index (χ4v) is 1.68. The maximum absolute atomic E-state index is 5.92. The third kappa shape index (κ3) is 3.54. The van der Waals surface area contributed by atoms with Gasteiger partial charge in [0.05, 0.1) is 0 Å². The SMILES string of the molecule is CCC(C)(CCl)Nc1cc(SC)ncn1. The van der Waals surface area contributed by atoms with E-state index in [2.05, 4.69) is 29.1 Å². The highest BCUT2D eigenvalue weighted by Gasteiger charge is 2.20. The smallest absolute Gasteiger partial charge is 0.130 e. The first kappa shape index (κ1) is 12.6. The zero-order valence-corrected chi connectivity index (χ0v) is 10.8. The zero-order chi connectivity index (χ0) is 11.3. The topological polar surface area (TPSA) is 37.8 Å². The van der Waals surface area contributed by atoms with Crippen molar-refractivity contribution < 1.29 is 0 Å². The third-order valence-corrected chi connectivity index (χ3v) is 3.59. The molecule has 0 amide bonds. The predicted octanol–water partition coefficient (Wildman–Crippen LogP) is 3.02. The summed E-state index contributed by atoms with van der Waals surface area (Å²) in [5.74, 6) is 1.39. The first-order chi connectivity index (χ1) is 7.13. The van der Waals surface area contributed by atoms with Gasteiger partial charge in [0.2, 0.25) is 0 Å². The molecule has 84 valence electrons. The maximum Gasteiger partial charge on any atom is 0.130 e. The molecule has 15 heavy (non-hydrogen) atoms. The fraction of sp³-hybridized carbons (Fsp3) is 0.600. The molecule has 0 aliphatic heterocycles. The molecule has 1 N–H and O–H groups in total. The number of alkyl halides is 1. The molecule has 0 aliphatic carbocycles. The summed E-state index contributed by atoms with van der Waals surface area (Å²) in [7, 11) is 0. The van der Waals surface area contributed by atoms with Crippen LogP contribution in [0.5, 0.6) is 0 Å². The van der Waals surface area contributed by atoms with Gasteiger partial charge in [-0.25, -0.2) is 9.97 Å². The van der Waals surface area contributed by atoms with E-state index in [0.29, 0.717) is 5.88 Å². The van der Waals surface area contributed by atoms with E-state index in [0.717, 1.165) is 17.3 Å². The highest BCUT2D eigenvalue weighted by atomic mass is 35.5. The van der Waals surface area contributed by atoms with Crippen LogP contribution in [0.3, 0.4) is 0 Å². The summed E-state index contributed by atoms with van der Waals surface area (Å²) in [6.07, 6.45) is 4.51. The summed E-state index contributed by atoms with van der Waals surface area (Å²) in [6, 6.07) is 1.94. The van der Waals surface area contributed by atoms with Crippen LogP contribution in [-0.2, 0) is 0 Å². The third-order valence-electron chi connectivity index (χ3n) is 2.36. The number of anilines is 1. The second-order valence-electron chi connectivity index (χ2n) is 3.62. The predicted molar refractivity (Wildman–Crippen MR) is 66.9 cm³/mol. The number of nitrogens with zero attached hydrogens (tertiary/aromatic N) is 2. The summed E-state index contributed by atoms with van der Waals surface area (Å²) >= 11 is 7.52. The lowest BCUT2D eigenvalue weighted by molar-refractivity contribution is 0.551. The van der Waals surface area contributed by atoms with Crippen molar-refractivity contribution in [1.29, 1.82) is 0 Å². The van der Waals surface area contributed by atoms with Gasteiger partial charge in [0.25, 0.3) is 0 Å². The van der Waals surface area contributed by atoms with Crippen LogP contribution >= 0.6 is 23.4 Å². The Hall–Kier alpha value is -0.480. The minimum absolute atomic E-state index is 0.106. The quantitative estimate of drug-likeness (QED) is 0.492. The van der Waals surface area contributed by atoms with E-state index >= 15 is 0 Å². The molecule has 0 aliphatic rings. The van der Waals surface area contributed by atoms with E-state index < -0.39 is 0 Å². The Bertz CT molecular complexity index is 315. The van der Waals surface area contributed by atoms with Crippen LogP contribution in [0.4, 0.5) is 5.82 Å². The van der Waals surface area contributed by atoms with Crippen molar-refractivity contribution in [1.82, 2.24) is 9.97 Å². The monoisotopic (exact) mass is 245 g/mol. The first-order valence-electron chi connectivity index (χ1n) is 4.83. The van der Waals surface area contributed by atoms with Crippen LogP contribution in [0.1, 0.15) is 20.3 Å². The molecule has 0 saturated carbocycles. The molecule has 0 spiro atoms. The summed E-state index contributed by atoms with van der Waals surface area (Å²) in [4.78, 5) is 8.29. The van der Waals surface area contributed by atoms with Gasteiger partial charge in [-0.1, -0.05) is 6.92 Å². The van der Waals surface area contributed by atoms with E-state index in [1.165, 1.54) is 0 Å². The number of nitrogens with one attached hydrogen (secondary N) is 1. The highest BCUT2D eigenvalue weighted by molar-refractivity contribution is 7.98. The largest absolute Gasteiger partial charge is 0.364 e. The van der Waals surface area contributed by atoms with Crippen LogP contribution in [0.25, 0.3) is 0 Å². The van der Waals surface area contributed by atoms with Crippen LogP contribution in [0.15, 0.2) is 17.4 Å². The summed E-state index contributed by atoms with van der Waals surface area (Å²) in [5.41, 5.74) is -0.106. The Balaban J connectivity index is 2.79. The molecule has 1 heterocycles. The molecule has 0 aromatic carbocycles. The van der Waals surface area contributed by atoms with E-state index in [4.69, 9.17) is 11.6 Å². The van der Waals surface area contributed by atoms with Crippen molar-refractivity contribution in [2.24, 2.45) is 0 Å². The minimum Gasteiger partial charge on any atom is -0.364 e. The van der Waals surface area contributed by atoms with Gasteiger partial charge in [0.15, 0.2) is 0 Å². The normalized spacial score (nSPS) is 14.7. The molecule has 0 fully saturated rings. The molecule has 1 rings (SSSR count).